The third-order valence-corrected chi connectivity index (χ3v) is 3.22. The highest BCUT2D eigenvalue weighted by Crippen LogP contribution is 2.34. The average Bonchev–Trinajstić information content (AvgIpc) is 2.71. The van der Waals surface area contributed by atoms with Crippen LogP contribution in [0, 0.1) is 0 Å². The summed E-state index contributed by atoms with van der Waals surface area (Å²) in [6, 6.07) is 5.84. The number of nitrogens with two attached hydrogens (primary N) is 1. The number of anilines is 1. The first-order chi connectivity index (χ1) is 7.78. The molecule has 1 aliphatic carbocycles. The molecule has 0 spiro atoms. The number of halogens is 1. The Labute approximate surface area is 96.9 Å². The molecule has 0 radical (unpaired) electrons. The minimum absolute atomic E-state index is 0.121. The lowest BCUT2D eigenvalue weighted by molar-refractivity contribution is 0.836. The predicted molar refractivity (Wildman–Crippen MR) is 63.6 cm³/mol. The lowest BCUT2D eigenvalue weighted by atomic mass is 9.90. The van der Waals surface area contributed by atoms with Gasteiger partial charge in [0.05, 0.1) is 5.69 Å². The van der Waals surface area contributed by atoms with Crippen LogP contribution >= 0.6 is 12.3 Å². The fourth-order valence-corrected chi connectivity index (χ4v) is 2.44. The average molecular weight is 235 g/mol. The first-order valence-electron chi connectivity index (χ1n) is 5.04. The van der Waals surface area contributed by atoms with E-state index in [0.29, 0.717) is 0 Å². The summed E-state index contributed by atoms with van der Waals surface area (Å²) in [5, 5.41) is 4.16. The lowest BCUT2D eigenvalue weighted by Gasteiger charge is -2.15. The number of nitrogens with zero attached hydrogens (tertiary/aromatic N) is 2. The zero-order valence-corrected chi connectivity index (χ0v) is 9.30. The van der Waals surface area contributed by atoms with Gasteiger partial charge in [-0.2, -0.15) is 9.19 Å². The highest BCUT2D eigenvalue weighted by atomic mass is 32.2. The maximum absolute atomic E-state index is 12.4. The molecule has 82 valence electrons. The summed E-state index contributed by atoms with van der Waals surface area (Å²) in [7, 11) is 0. The van der Waals surface area contributed by atoms with E-state index in [4.69, 9.17) is 5.73 Å². The highest BCUT2D eigenvalue weighted by Gasteiger charge is 2.19. The number of hydrogen-bond donors (Lipinski definition) is 1. The second-order valence-corrected chi connectivity index (χ2v) is 4.39. The third kappa shape index (κ3) is 1.39. The Balaban J connectivity index is 2.18. The summed E-state index contributed by atoms with van der Waals surface area (Å²) in [6.07, 6.45) is 3.49. The van der Waals surface area contributed by atoms with Gasteiger partial charge in [0.25, 0.3) is 0 Å². The molecule has 0 fully saturated rings. The summed E-state index contributed by atoms with van der Waals surface area (Å²) in [6.45, 7) is 0. The molecule has 3 nitrogen and oxygen atoms in total. The molecule has 0 saturated carbocycles. The molecule has 1 aromatic heterocycles. The summed E-state index contributed by atoms with van der Waals surface area (Å²) in [5.41, 5.74) is 10.8. The van der Waals surface area contributed by atoms with Crippen molar-refractivity contribution in [3.05, 3.63) is 35.7 Å². The van der Waals surface area contributed by atoms with E-state index in [0.717, 1.165) is 35.3 Å². The number of fused-ring (bicyclic) bond motifs is 3. The first-order valence-corrected chi connectivity index (χ1v) is 5.71. The van der Waals surface area contributed by atoms with Gasteiger partial charge in [-0.25, -0.2) is 0 Å². The van der Waals surface area contributed by atoms with Gasteiger partial charge in [0.1, 0.15) is 0 Å². The molecule has 0 amide bonds. The van der Waals surface area contributed by atoms with Crippen molar-refractivity contribution in [2.24, 2.45) is 0 Å². The Morgan fingerprint density at radius 3 is 3.00 bits per heavy atom. The minimum Gasteiger partial charge on any atom is -0.399 e. The standard InChI is InChI=1S/C11H10FN3S/c12-16-15-6-10-9-3-2-8(13)5-7(9)1-4-11(10)14-15/h2-3,5-6H,1,4,13H2. The number of rotatable bonds is 1. The van der Waals surface area contributed by atoms with Crippen molar-refractivity contribution >= 4 is 18.0 Å². The molecule has 0 atom stereocenters. The van der Waals surface area contributed by atoms with Gasteiger partial charge in [0, 0.05) is 17.4 Å². The van der Waals surface area contributed by atoms with Crippen LogP contribution in [0.25, 0.3) is 11.1 Å². The maximum Gasteiger partial charge on any atom is 0.187 e. The predicted octanol–water partition coefficient (Wildman–Crippen LogP) is 2.61. The van der Waals surface area contributed by atoms with Crippen molar-refractivity contribution in [1.29, 1.82) is 0 Å². The third-order valence-electron chi connectivity index (χ3n) is 2.89. The molecule has 5 heteroatoms. The van der Waals surface area contributed by atoms with Crippen molar-refractivity contribution in [1.82, 2.24) is 9.19 Å². The largest absolute Gasteiger partial charge is 0.399 e. The van der Waals surface area contributed by atoms with Crippen LogP contribution < -0.4 is 5.73 Å². The van der Waals surface area contributed by atoms with E-state index in [1.807, 2.05) is 18.2 Å². The van der Waals surface area contributed by atoms with Crippen LogP contribution in [-0.4, -0.2) is 9.19 Å². The monoisotopic (exact) mass is 235 g/mol. The maximum atomic E-state index is 12.4. The lowest BCUT2D eigenvalue weighted by Crippen LogP contribution is -2.03. The summed E-state index contributed by atoms with van der Waals surface area (Å²) in [5.74, 6) is 0. The number of aromatic nitrogens is 2. The van der Waals surface area contributed by atoms with Crippen molar-refractivity contribution < 1.29 is 3.89 Å². The molecule has 1 aromatic carbocycles. The first kappa shape index (κ1) is 9.72. The van der Waals surface area contributed by atoms with Crippen LogP contribution in [0.4, 0.5) is 9.57 Å². The van der Waals surface area contributed by atoms with Gasteiger partial charge in [-0.3, -0.25) is 0 Å². The number of benzene rings is 1. The van der Waals surface area contributed by atoms with Crippen molar-refractivity contribution in [2.75, 3.05) is 5.73 Å². The summed E-state index contributed by atoms with van der Waals surface area (Å²) in [4.78, 5) is 0. The molecule has 2 aromatic rings. The normalized spacial score (nSPS) is 13.3. The molecular weight excluding hydrogens is 225 g/mol. The molecule has 1 heterocycles. The van der Waals surface area contributed by atoms with E-state index >= 15 is 0 Å². The van der Waals surface area contributed by atoms with Gasteiger partial charge >= 0.3 is 0 Å². The van der Waals surface area contributed by atoms with Crippen molar-refractivity contribution in [3.63, 3.8) is 0 Å². The molecule has 16 heavy (non-hydrogen) atoms. The Bertz CT molecular complexity index is 550. The summed E-state index contributed by atoms with van der Waals surface area (Å²) < 4.78 is 13.7. The second kappa shape index (κ2) is 3.52. The molecule has 3 rings (SSSR count). The fraction of sp³-hybridized carbons (Fsp3) is 0.182. The van der Waals surface area contributed by atoms with Crippen molar-refractivity contribution in [2.45, 2.75) is 12.8 Å². The van der Waals surface area contributed by atoms with Crippen LogP contribution in [0.2, 0.25) is 0 Å². The van der Waals surface area contributed by atoms with Crippen LogP contribution in [0.5, 0.6) is 0 Å². The Morgan fingerprint density at radius 2 is 2.19 bits per heavy atom. The molecule has 0 unspecified atom stereocenters. The van der Waals surface area contributed by atoms with Crippen LogP contribution in [0.1, 0.15) is 11.3 Å². The number of aryl methyl sites for hydroxylation is 2. The van der Waals surface area contributed by atoms with E-state index < -0.39 is 0 Å². The van der Waals surface area contributed by atoms with Crippen LogP contribution in [0.15, 0.2) is 24.4 Å². The fourth-order valence-electron chi connectivity index (χ4n) is 2.17. The van der Waals surface area contributed by atoms with E-state index in [1.54, 1.807) is 6.20 Å². The van der Waals surface area contributed by atoms with Gasteiger partial charge in [0.2, 0.25) is 0 Å². The molecule has 1 aliphatic rings. The quantitative estimate of drug-likeness (QED) is 0.773. The van der Waals surface area contributed by atoms with Crippen LogP contribution in [0.3, 0.4) is 0 Å². The van der Waals surface area contributed by atoms with Gasteiger partial charge in [-0.15, -0.1) is 3.89 Å². The van der Waals surface area contributed by atoms with E-state index in [9.17, 15) is 3.89 Å². The number of nitrogen functional groups attached to an aromatic ring is 1. The zero-order valence-electron chi connectivity index (χ0n) is 8.48. The van der Waals surface area contributed by atoms with E-state index in [1.165, 1.54) is 9.65 Å². The zero-order chi connectivity index (χ0) is 11.1. The molecule has 2 N–H and O–H groups in total. The van der Waals surface area contributed by atoms with Crippen molar-refractivity contribution in [3.8, 4) is 11.1 Å². The SMILES string of the molecule is Nc1ccc2c(c1)CCc1nn(SF)cc1-2. The molecule has 0 aliphatic heterocycles. The van der Waals surface area contributed by atoms with Gasteiger partial charge in [0.15, 0.2) is 12.3 Å². The van der Waals surface area contributed by atoms with Gasteiger partial charge < -0.3 is 5.73 Å². The number of hydrogen-bond acceptors (Lipinski definition) is 3. The Hall–Kier alpha value is -1.49. The topological polar surface area (TPSA) is 43.8 Å². The van der Waals surface area contributed by atoms with E-state index in [2.05, 4.69) is 5.10 Å². The molecule has 0 saturated heterocycles. The highest BCUT2D eigenvalue weighted by molar-refractivity contribution is 7.92. The second-order valence-electron chi connectivity index (χ2n) is 3.88. The van der Waals surface area contributed by atoms with Gasteiger partial charge in [-0.05, 0) is 36.1 Å². The Kier molecular flexibility index (Phi) is 2.14. The molecule has 0 bridgehead atoms. The summed E-state index contributed by atoms with van der Waals surface area (Å²) >= 11 is 0.121. The Morgan fingerprint density at radius 1 is 1.31 bits per heavy atom. The minimum atomic E-state index is 0.121. The van der Waals surface area contributed by atoms with E-state index in [-0.39, 0.29) is 12.3 Å². The van der Waals surface area contributed by atoms with Crippen LogP contribution in [-0.2, 0) is 12.8 Å². The van der Waals surface area contributed by atoms with Gasteiger partial charge in [-0.1, -0.05) is 6.07 Å². The smallest absolute Gasteiger partial charge is 0.187 e. The molecular formula is C11H10FN3S.